The molecule has 0 aliphatic rings. The van der Waals surface area contributed by atoms with Gasteiger partial charge in [0.05, 0.1) is 22.8 Å². The van der Waals surface area contributed by atoms with Gasteiger partial charge in [0.25, 0.3) is 0 Å². The molecule has 1 amide bonds. The van der Waals surface area contributed by atoms with Crippen molar-refractivity contribution in [3.05, 3.63) is 59.1 Å². The summed E-state index contributed by atoms with van der Waals surface area (Å²) in [5.41, 5.74) is 0.495. The number of hydrogen-bond donors (Lipinski definition) is 1. The zero-order chi connectivity index (χ0) is 18.0. The van der Waals surface area contributed by atoms with Gasteiger partial charge in [-0.2, -0.15) is 0 Å². The van der Waals surface area contributed by atoms with Crippen molar-refractivity contribution in [2.24, 2.45) is 0 Å². The molecular formula is C18H17F2N3OS. The zero-order valence-corrected chi connectivity index (χ0v) is 14.6. The van der Waals surface area contributed by atoms with Gasteiger partial charge < -0.3 is 5.32 Å². The van der Waals surface area contributed by atoms with Crippen molar-refractivity contribution >= 4 is 33.1 Å². The van der Waals surface area contributed by atoms with Crippen molar-refractivity contribution in [1.29, 1.82) is 0 Å². The van der Waals surface area contributed by atoms with Crippen molar-refractivity contribution in [3.63, 3.8) is 0 Å². The largest absolute Gasteiger partial charge is 0.320 e. The lowest BCUT2D eigenvalue weighted by molar-refractivity contribution is -0.117. The molecule has 1 heterocycles. The molecule has 0 saturated heterocycles. The smallest absolute Gasteiger partial charge is 0.238 e. The number of rotatable bonds is 5. The first-order valence-corrected chi connectivity index (χ1v) is 8.57. The second-order valence-electron chi connectivity index (χ2n) is 5.76. The fourth-order valence-corrected chi connectivity index (χ4v) is 3.50. The standard InChI is InChI=1S/C18H17F2N3OS/c1-11(18-21-14-8-3-4-9-15(14)25-18)23(2)10-16(24)22-17-12(19)6-5-7-13(17)20/h3-9,11H,10H2,1-2H3,(H,22,24). The molecule has 0 aliphatic heterocycles. The number of carbonyl (C=O) groups excluding carboxylic acids is 1. The number of nitrogens with one attached hydrogen (secondary N) is 1. The predicted molar refractivity (Wildman–Crippen MR) is 95.7 cm³/mol. The van der Waals surface area contributed by atoms with Crippen LogP contribution in [0, 0.1) is 11.6 Å². The highest BCUT2D eigenvalue weighted by atomic mass is 32.1. The van der Waals surface area contributed by atoms with Crippen molar-refractivity contribution < 1.29 is 13.6 Å². The molecule has 1 N–H and O–H groups in total. The van der Waals surface area contributed by atoms with Crippen molar-refractivity contribution in [1.82, 2.24) is 9.88 Å². The SMILES string of the molecule is CC(c1nc2ccccc2s1)N(C)CC(=O)Nc1c(F)cccc1F. The van der Waals surface area contributed by atoms with Gasteiger partial charge >= 0.3 is 0 Å². The van der Waals surface area contributed by atoms with Crippen LogP contribution in [0.15, 0.2) is 42.5 Å². The van der Waals surface area contributed by atoms with Crippen LogP contribution in [0.4, 0.5) is 14.5 Å². The van der Waals surface area contributed by atoms with Crippen LogP contribution in [0.2, 0.25) is 0 Å². The van der Waals surface area contributed by atoms with E-state index in [2.05, 4.69) is 10.3 Å². The van der Waals surface area contributed by atoms with Gasteiger partial charge in [0, 0.05) is 0 Å². The molecule has 4 nitrogen and oxygen atoms in total. The number of hydrogen-bond acceptors (Lipinski definition) is 4. The minimum atomic E-state index is -0.796. The van der Waals surface area contributed by atoms with Crippen LogP contribution >= 0.6 is 11.3 Å². The van der Waals surface area contributed by atoms with Crippen molar-refractivity contribution in [3.8, 4) is 0 Å². The second-order valence-corrected chi connectivity index (χ2v) is 6.82. The van der Waals surface area contributed by atoms with E-state index in [1.165, 1.54) is 6.07 Å². The van der Waals surface area contributed by atoms with Gasteiger partial charge in [-0.3, -0.25) is 9.69 Å². The topological polar surface area (TPSA) is 45.2 Å². The molecule has 130 valence electrons. The van der Waals surface area contributed by atoms with E-state index in [9.17, 15) is 13.6 Å². The lowest BCUT2D eigenvalue weighted by Crippen LogP contribution is -2.32. The summed E-state index contributed by atoms with van der Waals surface area (Å²) in [6.07, 6.45) is 0. The summed E-state index contributed by atoms with van der Waals surface area (Å²) in [6.45, 7) is 1.93. The lowest BCUT2D eigenvalue weighted by Gasteiger charge is -2.22. The molecule has 3 aromatic rings. The second kappa shape index (κ2) is 7.25. The van der Waals surface area contributed by atoms with E-state index in [-0.39, 0.29) is 12.6 Å². The molecule has 2 aromatic carbocycles. The third-order valence-corrected chi connectivity index (χ3v) is 5.16. The summed E-state index contributed by atoms with van der Waals surface area (Å²) in [7, 11) is 1.77. The summed E-state index contributed by atoms with van der Waals surface area (Å²) in [6, 6.07) is 11.2. The minimum absolute atomic E-state index is 0.00906. The van der Waals surface area contributed by atoms with Crippen LogP contribution in [0.3, 0.4) is 0 Å². The van der Waals surface area contributed by atoms with Gasteiger partial charge in [0.15, 0.2) is 0 Å². The summed E-state index contributed by atoms with van der Waals surface area (Å²) in [5, 5.41) is 3.18. The number of anilines is 1. The average molecular weight is 361 g/mol. The Labute approximate surface area is 148 Å². The first-order chi connectivity index (χ1) is 12.0. The normalized spacial score (nSPS) is 12.5. The number of carbonyl (C=O) groups is 1. The number of benzene rings is 2. The van der Waals surface area contributed by atoms with Gasteiger partial charge in [-0.15, -0.1) is 11.3 Å². The first-order valence-electron chi connectivity index (χ1n) is 7.75. The monoisotopic (exact) mass is 361 g/mol. The van der Waals surface area contributed by atoms with Crippen LogP contribution in [0.5, 0.6) is 0 Å². The van der Waals surface area contributed by atoms with Crippen LogP contribution in [0.25, 0.3) is 10.2 Å². The number of likely N-dealkylation sites (N-methyl/N-ethyl adjacent to an activating group) is 1. The fourth-order valence-electron chi connectivity index (χ4n) is 2.42. The summed E-state index contributed by atoms with van der Waals surface area (Å²) < 4.78 is 28.3. The highest BCUT2D eigenvalue weighted by molar-refractivity contribution is 7.18. The van der Waals surface area contributed by atoms with Gasteiger partial charge in [0.1, 0.15) is 22.3 Å². The number of aromatic nitrogens is 1. The number of thiazole rings is 1. The van der Waals surface area contributed by atoms with E-state index >= 15 is 0 Å². The molecule has 0 fully saturated rings. The Morgan fingerprint density at radius 2 is 1.88 bits per heavy atom. The molecule has 0 spiro atoms. The van der Waals surface area contributed by atoms with E-state index in [0.29, 0.717) is 0 Å². The minimum Gasteiger partial charge on any atom is -0.320 e. The molecule has 3 rings (SSSR count). The summed E-state index contributed by atoms with van der Waals surface area (Å²) in [5.74, 6) is -2.08. The Kier molecular flexibility index (Phi) is 5.06. The number of halogens is 2. The van der Waals surface area contributed by atoms with Crippen LogP contribution < -0.4 is 5.32 Å². The number of amides is 1. The van der Waals surface area contributed by atoms with Gasteiger partial charge in [-0.1, -0.05) is 18.2 Å². The Hall–Kier alpha value is -2.38. The third kappa shape index (κ3) is 3.83. The van der Waals surface area contributed by atoms with Crippen LogP contribution in [0.1, 0.15) is 18.0 Å². The zero-order valence-electron chi connectivity index (χ0n) is 13.8. The third-order valence-electron chi connectivity index (χ3n) is 3.95. The fraction of sp³-hybridized carbons (Fsp3) is 0.222. The predicted octanol–water partition coefficient (Wildman–Crippen LogP) is 4.21. The molecule has 0 bridgehead atoms. The summed E-state index contributed by atoms with van der Waals surface area (Å²) in [4.78, 5) is 18.5. The molecule has 1 aromatic heterocycles. The Balaban J connectivity index is 1.68. The van der Waals surface area contributed by atoms with Gasteiger partial charge in [-0.05, 0) is 38.2 Å². The van der Waals surface area contributed by atoms with Crippen molar-refractivity contribution in [2.75, 3.05) is 18.9 Å². The Morgan fingerprint density at radius 3 is 2.56 bits per heavy atom. The average Bonchev–Trinajstić information content (AvgIpc) is 3.01. The highest BCUT2D eigenvalue weighted by Gasteiger charge is 2.20. The molecule has 0 saturated carbocycles. The molecule has 0 radical (unpaired) electrons. The van der Waals surface area contributed by atoms with Gasteiger partial charge in [0.2, 0.25) is 5.91 Å². The molecular weight excluding hydrogens is 344 g/mol. The van der Waals surface area contributed by atoms with E-state index in [1.54, 1.807) is 23.3 Å². The molecule has 25 heavy (non-hydrogen) atoms. The Morgan fingerprint density at radius 1 is 1.20 bits per heavy atom. The molecule has 0 aliphatic carbocycles. The lowest BCUT2D eigenvalue weighted by atomic mass is 10.2. The Bertz CT molecular complexity index is 859. The molecule has 7 heteroatoms. The maximum absolute atomic E-state index is 13.6. The van der Waals surface area contributed by atoms with E-state index < -0.39 is 23.2 Å². The first kappa shape index (κ1) is 17.4. The molecule has 1 unspecified atom stereocenters. The van der Waals surface area contributed by atoms with E-state index in [1.807, 2.05) is 31.2 Å². The maximum Gasteiger partial charge on any atom is 0.238 e. The number of nitrogens with zero attached hydrogens (tertiary/aromatic N) is 2. The quantitative estimate of drug-likeness (QED) is 0.741. The van der Waals surface area contributed by atoms with Crippen LogP contribution in [-0.4, -0.2) is 29.4 Å². The van der Waals surface area contributed by atoms with Crippen molar-refractivity contribution in [2.45, 2.75) is 13.0 Å². The van der Waals surface area contributed by atoms with E-state index in [0.717, 1.165) is 27.4 Å². The molecule has 1 atom stereocenters. The maximum atomic E-state index is 13.6. The van der Waals surface area contributed by atoms with Crippen LogP contribution in [-0.2, 0) is 4.79 Å². The van der Waals surface area contributed by atoms with Gasteiger partial charge in [-0.25, -0.2) is 13.8 Å². The highest BCUT2D eigenvalue weighted by Crippen LogP contribution is 2.28. The number of fused-ring (bicyclic) bond motifs is 1. The number of para-hydroxylation sites is 2. The van der Waals surface area contributed by atoms with E-state index in [4.69, 9.17) is 0 Å². The summed E-state index contributed by atoms with van der Waals surface area (Å²) >= 11 is 1.57.